The van der Waals surface area contributed by atoms with E-state index in [1.807, 2.05) is 60.9 Å². The van der Waals surface area contributed by atoms with Gasteiger partial charge in [-0.1, -0.05) is 42.5 Å². The number of rotatable bonds is 7. The molecule has 0 spiro atoms. The summed E-state index contributed by atoms with van der Waals surface area (Å²) in [5, 5.41) is 7.22. The van der Waals surface area contributed by atoms with E-state index in [0.717, 1.165) is 18.1 Å². The van der Waals surface area contributed by atoms with Gasteiger partial charge in [-0.05, 0) is 23.8 Å². The zero-order valence-electron chi connectivity index (χ0n) is 15.4. The van der Waals surface area contributed by atoms with Crippen LogP contribution in [-0.2, 0) is 13.0 Å². The molecule has 1 N–H and O–H groups in total. The second-order valence-electron chi connectivity index (χ2n) is 6.43. The molecule has 2 aromatic heterocycles. The molecule has 0 aliphatic carbocycles. The zero-order valence-corrected chi connectivity index (χ0v) is 15.4. The fourth-order valence-corrected chi connectivity index (χ4v) is 3.15. The third-order valence-corrected chi connectivity index (χ3v) is 4.53. The topological polar surface area (TPSA) is 64.7 Å². The Hall–Kier alpha value is -3.67. The molecule has 6 nitrogen and oxygen atoms in total. The van der Waals surface area contributed by atoms with E-state index in [1.54, 1.807) is 17.1 Å². The fourth-order valence-electron chi connectivity index (χ4n) is 3.15. The molecular weight excluding hydrogens is 350 g/mol. The molecule has 6 heteroatoms. The van der Waals surface area contributed by atoms with Crippen LogP contribution in [0.3, 0.4) is 0 Å². The van der Waals surface area contributed by atoms with Crippen molar-refractivity contribution >= 4 is 5.91 Å². The van der Waals surface area contributed by atoms with Crippen molar-refractivity contribution in [1.29, 1.82) is 0 Å². The predicted molar refractivity (Wildman–Crippen MR) is 107 cm³/mol. The van der Waals surface area contributed by atoms with Crippen LogP contribution in [0.1, 0.15) is 21.7 Å². The van der Waals surface area contributed by atoms with E-state index in [4.69, 9.17) is 0 Å². The molecule has 28 heavy (non-hydrogen) atoms. The van der Waals surface area contributed by atoms with E-state index in [0.29, 0.717) is 18.5 Å². The number of carbonyl (C=O) groups excluding carboxylic acids is 1. The lowest BCUT2D eigenvalue weighted by atomic mass is 10.1. The minimum Gasteiger partial charge on any atom is -0.352 e. The monoisotopic (exact) mass is 371 g/mol. The minimum atomic E-state index is -0.118. The third-order valence-electron chi connectivity index (χ3n) is 4.53. The highest BCUT2D eigenvalue weighted by Gasteiger charge is 2.12. The van der Waals surface area contributed by atoms with Gasteiger partial charge in [0.25, 0.3) is 5.91 Å². The molecule has 0 bridgehead atoms. The first-order chi connectivity index (χ1) is 13.8. The van der Waals surface area contributed by atoms with Crippen LogP contribution in [0.2, 0.25) is 0 Å². The van der Waals surface area contributed by atoms with Gasteiger partial charge in [-0.25, -0.2) is 9.67 Å². The average molecular weight is 371 g/mol. The van der Waals surface area contributed by atoms with Crippen molar-refractivity contribution in [3.05, 3.63) is 102 Å². The maximum absolute atomic E-state index is 12.7. The van der Waals surface area contributed by atoms with Crippen LogP contribution >= 0.6 is 0 Å². The lowest BCUT2D eigenvalue weighted by Crippen LogP contribution is -2.27. The summed E-state index contributed by atoms with van der Waals surface area (Å²) in [7, 11) is 0. The van der Waals surface area contributed by atoms with E-state index < -0.39 is 0 Å². The van der Waals surface area contributed by atoms with Crippen LogP contribution in [0, 0.1) is 0 Å². The molecule has 2 aromatic carbocycles. The normalized spacial score (nSPS) is 10.7. The summed E-state index contributed by atoms with van der Waals surface area (Å²) in [6.07, 6.45) is 7.95. The Morgan fingerprint density at radius 2 is 1.75 bits per heavy atom. The molecule has 0 atom stereocenters. The smallest absolute Gasteiger partial charge is 0.253 e. The quantitative estimate of drug-likeness (QED) is 0.543. The molecule has 0 aliphatic rings. The summed E-state index contributed by atoms with van der Waals surface area (Å²) < 4.78 is 3.81. The van der Waals surface area contributed by atoms with Crippen LogP contribution in [0.4, 0.5) is 0 Å². The van der Waals surface area contributed by atoms with Crippen molar-refractivity contribution < 1.29 is 4.79 Å². The summed E-state index contributed by atoms with van der Waals surface area (Å²) in [5.74, 6) is 0.830. The predicted octanol–water partition coefficient (Wildman–Crippen LogP) is 3.09. The Morgan fingerprint density at radius 1 is 0.929 bits per heavy atom. The van der Waals surface area contributed by atoms with E-state index >= 15 is 0 Å². The highest BCUT2D eigenvalue weighted by atomic mass is 16.1. The molecule has 2 heterocycles. The van der Waals surface area contributed by atoms with E-state index in [9.17, 15) is 4.79 Å². The number of benzene rings is 2. The van der Waals surface area contributed by atoms with Crippen LogP contribution in [0.25, 0.3) is 5.69 Å². The van der Waals surface area contributed by atoms with Crippen molar-refractivity contribution in [3.8, 4) is 5.69 Å². The number of amides is 1. The highest BCUT2D eigenvalue weighted by molar-refractivity contribution is 5.97. The maximum Gasteiger partial charge on any atom is 0.253 e. The van der Waals surface area contributed by atoms with Crippen molar-refractivity contribution in [3.63, 3.8) is 0 Å². The molecule has 4 rings (SSSR count). The number of imidazole rings is 1. The van der Waals surface area contributed by atoms with Gasteiger partial charge in [-0.3, -0.25) is 4.79 Å². The first-order valence-corrected chi connectivity index (χ1v) is 9.22. The Bertz CT molecular complexity index is 1040. The molecular formula is C22H21N5O. The van der Waals surface area contributed by atoms with E-state index in [-0.39, 0.29) is 5.91 Å². The maximum atomic E-state index is 12.7. The average Bonchev–Trinajstić information content (AvgIpc) is 3.41. The summed E-state index contributed by atoms with van der Waals surface area (Å²) >= 11 is 0. The van der Waals surface area contributed by atoms with E-state index in [2.05, 4.69) is 32.1 Å². The number of nitrogens with zero attached hydrogens (tertiary/aromatic N) is 4. The molecule has 0 radical (unpaired) electrons. The molecule has 0 aliphatic heterocycles. The number of aromatic nitrogens is 4. The standard InChI is InChI=1S/C22H21N5O/c28-22(19-9-4-5-10-20(19)27-15-6-12-25-27)24-13-11-21-23-14-16-26(21)17-18-7-2-1-3-8-18/h1-10,12,14-16H,11,13,17H2,(H,24,28). The second kappa shape index (κ2) is 8.35. The van der Waals surface area contributed by atoms with Crippen molar-refractivity contribution in [2.45, 2.75) is 13.0 Å². The third kappa shape index (κ3) is 4.01. The molecule has 0 saturated heterocycles. The Labute approximate surface area is 163 Å². The SMILES string of the molecule is O=C(NCCc1nccn1Cc1ccccc1)c1ccccc1-n1cccn1. The molecule has 4 aromatic rings. The lowest BCUT2D eigenvalue weighted by molar-refractivity contribution is 0.0953. The molecule has 0 unspecified atom stereocenters. The number of carbonyl (C=O) groups is 1. The second-order valence-corrected chi connectivity index (χ2v) is 6.43. The first-order valence-electron chi connectivity index (χ1n) is 9.22. The molecule has 140 valence electrons. The summed E-state index contributed by atoms with van der Waals surface area (Å²) in [6, 6.07) is 19.5. The van der Waals surface area contributed by atoms with Crippen LogP contribution in [0.15, 0.2) is 85.5 Å². The van der Waals surface area contributed by atoms with Gasteiger partial charge in [-0.2, -0.15) is 5.10 Å². The van der Waals surface area contributed by atoms with Gasteiger partial charge in [0, 0.05) is 44.3 Å². The number of hydrogen-bond donors (Lipinski definition) is 1. The van der Waals surface area contributed by atoms with E-state index in [1.165, 1.54) is 5.56 Å². The summed E-state index contributed by atoms with van der Waals surface area (Å²) in [6.45, 7) is 1.28. The zero-order chi connectivity index (χ0) is 19.2. The minimum absolute atomic E-state index is 0.118. The largest absolute Gasteiger partial charge is 0.352 e. The molecule has 0 fully saturated rings. The van der Waals surface area contributed by atoms with Crippen LogP contribution < -0.4 is 5.32 Å². The van der Waals surface area contributed by atoms with Gasteiger partial charge in [0.2, 0.25) is 0 Å². The molecule has 1 amide bonds. The number of nitrogens with one attached hydrogen (secondary N) is 1. The van der Waals surface area contributed by atoms with Crippen LogP contribution in [0.5, 0.6) is 0 Å². The highest BCUT2D eigenvalue weighted by Crippen LogP contribution is 2.13. The lowest BCUT2D eigenvalue weighted by Gasteiger charge is -2.11. The van der Waals surface area contributed by atoms with Gasteiger partial charge < -0.3 is 9.88 Å². The Morgan fingerprint density at radius 3 is 2.57 bits per heavy atom. The van der Waals surface area contributed by atoms with Crippen molar-refractivity contribution in [2.24, 2.45) is 0 Å². The fraction of sp³-hybridized carbons (Fsp3) is 0.136. The number of para-hydroxylation sites is 1. The molecule has 0 saturated carbocycles. The van der Waals surface area contributed by atoms with Gasteiger partial charge in [-0.15, -0.1) is 0 Å². The summed E-state index contributed by atoms with van der Waals surface area (Å²) in [5.41, 5.74) is 2.58. The van der Waals surface area contributed by atoms with Gasteiger partial charge in [0.05, 0.1) is 11.3 Å². The van der Waals surface area contributed by atoms with Gasteiger partial charge in [0.1, 0.15) is 5.82 Å². The first kappa shape index (κ1) is 17.7. The number of hydrogen-bond acceptors (Lipinski definition) is 3. The van der Waals surface area contributed by atoms with Gasteiger partial charge in [0.15, 0.2) is 0 Å². The van der Waals surface area contributed by atoms with Gasteiger partial charge >= 0.3 is 0 Å². The van der Waals surface area contributed by atoms with Crippen molar-refractivity contribution in [2.75, 3.05) is 6.54 Å². The summed E-state index contributed by atoms with van der Waals surface area (Å²) in [4.78, 5) is 17.1. The Kier molecular flexibility index (Phi) is 5.29. The van der Waals surface area contributed by atoms with Crippen molar-refractivity contribution in [1.82, 2.24) is 24.6 Å². The van der Waals surface area contributed by atoms with Crippen LogP contribution in [-0.4, -0.2) is 31.8 Å². The Balaban J connectivity index is 1.39.